The molecule has 5 nitrogen and oxygen atoms in total. The molecule has 2 heterocycles. The minimum atomic E-state index is -0.374. The Bertz CT molecular complexity index is 653. The summed E-state index contributed by atoms with van der Waals surface area (Å²) in [6.07, 6.45) is 0.830. The van der Waals surface area contributed by atoms with E-state index < -0.39 is 0 Å². The second-order valence-electron chi connectivity index (χ2n) is 8.44. The van der Waals surface area contributed by atoms with Crippen LogP contribution in [0, 0.1) is 19.3 Å². The monoisotopic (exact) mass is 347 g/mol. The number of rotatable bonds is 2. The van der Waals surface area contributed by atoms with Gasteiger partial charge in [-0.3, -0.25) is 9.59 Å². The minimum Gasteiger partial charge on any atom is -0.346 e. The summed E-state index contributed by atoms with van der Waals surface area (Å²) in [5.74, 6) is 0.254. The lowest BCUT2D eigenvalue weighted by molar-refractivity contribution is -0.139. The van der Waals surface area contributed by atoms with Crippen molar-refractivity contribution in [2.45, 2.75) is 60.9 Å². The van der Waals surface area contributed by atoms with E-state index in [0.717, 1.165) is 29.9 Å². The van der Waals surface area contributed by atoms with Crippen molar-refractivity contribution >= 4 is 11.8 Å². The molecule has 0 spiro atoms. The van der Waals surface area contributed by atoms with E-state index in [1.165, 1.54) is 0 Å². The molecule has 2 rings (SSSR count). The molecule has 140 valence electrons. The van der Waals surface area contributed by atoms with Crippen LogP contribution < -0.4 is 0 Å². The first-order chi connectivity index (χ1) is 11.5. The molecule has 0 unspecified atom stereocenters. The number of amides is 2. The van der Waals surface area contributed by atoms with Crippen molar-refractivity contribution in [2.75, 3.05) is 26.2 Å². The Hall–Kier alpha value is -1.78. The molecule has 2 amide bonds. The van der Waals surface area contributed by atoms with Gasteiger partial charge in [0, 0.05) is 49.0 Å². The van der Waals surface area contributed by atoms with Crippen molar-refractivity contribution in [1.29, 1.82) is 0 Å². The fraction of sp³-hybridized carbons (Fsp3) is 0.700. The molecule has 1 aromatic rings. The first-order valence-corrected chi connectivity index (χ1v) is 9.31. The maximum Gasteiger partial charge on any atom is 0.255 e. The van der Waals surface area contributed by atoms with Crippen LogP contribution in [0.1, 0.15) is 68.8 Å². The number of nitrogens with zero attached hydrogens (tertiary/aromatic N) is 3. The van der Waals surface area contributed by atoms with E-state index in [2.05, 4.69) is 25.3 Å². The second kappa shape index (κ2) is 7.22. The van der Waals surface area contributed by atoms with Gasteiger partial charge in [0.05, 0.1) is 5.56 Å². The smallest absolute Gasteiger partial charge is 0.255 e. The molecule has 25 heavy (non-hydrogen) atoms. The van der Waals surface area contributed by atoms with Crippen molar-refractivity contribution in [3.8, 4) is 0 Å². The Balaban J connectivity index is 2.14. The number of aromatic nitrogens is 1. The zero-order chi connectivity index (χ0) is 18.9. The molecule has 0 atom stereocenters. The highest BCUT2D eigenvalue weighted by Gasteiger charge is 2.30. The third kappa shape index (κ3) is 4.07. The largest absolute Gasteiger partial charge is 0.346 e. The zero-order valence-electron chi connectivity index (χ0n) is 16.8. The zero-order valence-corrected chi connectivity index (χ0v) is 16.8. The van der Waals surface area contributed by atoms with Gasteiger partial charge >= 0.3 is 0 Å². The fourth-order valence-electron chi connectivity index (χ4n) is 3.76. The molecule has 0 saturated carbocycles. The number of carbonyl (C=O) groups is 2. The Morgan fingerprint density at radius 2 is 1.56 bits per heavy atom. The molecule has 1 aliphatic heterocycles. The van der Waals surface area contributed by atoms with E-state index in [9.17, 15) is 9.59 Å². The summed E-state index contributed by atoms with van der Waals surface area (Å²) >= 11 is 0. The maximum atomic E-state index is 13.0. The summed E-state index contributed by atoms with van der Waals surface area (Å²) in [6.45, 7) is 16.8. The van der Waals surface area contributed by atoms with Crippen LogP contribution in [-0.4, -0.2) is 52.4 Å². The quantitative estimate of drug-likeness (QED) is 0.823. The SMILES string of the molecule is Cc1cc(C(=O)N2CCCN(C(=O)C(C)(C)C)CC2)c(C)n1C(C)C. The number of aryl methyl sites for hydroxylation is 1. The van der Waals surface area contributed by atoms with E-state index in [4.69, 9.17) is 0 Å². The molecular weight excluding hydrogens is 314 g/mol. The van der Waals surface area contributed by atoms with Gasteiger partial charge in [0.15, 0.2) is 0 Å². The van der Waals surface area contributed by atoms with Gasteiger partial charge in [-0.15, -0.1) is 0 Å². The van der Waals surface area contributed by atoms with E-state index in [1.54, 1.807) is 0 Å². The first-order valence-electron chi connectivity index (χ1n) is 9.31. The summed E-state index contributed by atoms with van der Waals surface area (Å²) in [7, 11) is 0. The van der Waals surface area contributed by atoms with E-state index in [0.29, 0.717) is 25.7 Å². The summed E-state index contributed by atoms with van der Waals surface area (Å²) < 4.78 is 2.21. The van der Waals surface area contributed by atoms with Gasteiger partial charge in [-0.1, -0.05) is 20.8 Å². The molecule has 0 bridgehead atoms. The van der Waals surface area contributed by atoms with Gasteiger partial charge in [-0.05, 0) is 40.2 Å². The Morgan fingerprint density at radius 1 is 1.00 bits per heavy atom. The van der Waals surface area contributed by atoms with Gasteiger partial charge < -0.3 is 14.4 Å². The van der Waals surface area contributed by atoms with Crippen LogP contribution in [0.25, 0.3) is 0 Å². The first kappa shape index (κ1) is 19.5. The topological polar surface area (TPSA) is 45.6 Å². The highest BCUT2D eigenvalue weighted by molar-refractivity contribution is 5.96. The molecular formula is C20H33N3O2. The second-order valence-corrected chi connectivity index (χ2v) is 8.44. The lowest BCUT2D eigenvalue weighted by Gasteiger charge is -2.28. The normalized spacial score (nSPS) is 16.3. The number of hydrogen-bond acceptors (Lipinski definition) is 2. The van der Waals surface area contributed by atoms with Crippen LogP contribution in [0.5, 0.6) is 0 Å². The van der Waals surface area contributed by atoms with Gasteiger partial charge in [0.1, 0.15) is 0 Å². The average Bonchev–Trinajstić information content (AvgIpc) is 2.69. The van der Waals surface area contributed by atoms with Crippen molar-refractivity contribution in [3.05, 3.63) is 23.0 Å². The Kier molecular flexibility index (Phi) is 5.65. The maximum absolute atomic E-state index is 13.0. The van der Waals surface area contributed by atoms with Crippen LogP contribution in [0.2, 0.25) is 0 Å². The standard InChI is InChI=1S/C20H33N3O2/c1-14(2)23-15(3)13-17(16(23)4)18(24)21-9-8-10-22(12-11-21)19(25)20(5,6)7/h13-14H,8-12H2,1-7H3. The van der Waals surface area contributed by atoms with Crippen LogP contribution in [-0.2, 0) is 4.79 Å². The molecule has 0 N–H and O–H groups in total. The molecule has 1 aromatic heterocycles. The van der Waals surface area contributed by atoms with Crippen LogP contribution in [0.15, 0.2) is 6.07 Å². The Morgan fingerprint density at radius 3 is 2.08 bits per heavy atom. The molecule has 0 aliphatic carbocycles. The third-order valence-corrected chi connectivity index (χ3v) is 4.94. The van der Waals surface area contributed by atoms with E-state index in [-0.39, 0.29) is 17.2 Å². The van der Waals surface area contributed by atoms with Crippen LogP contribution in [0.4, 0.5) is 0 Å². The molecule has 0 radical (unpaired) electrons. The highest BCUT2D eigenvalue weighted by atomic mass is 16.2. The predicted molar refractivity (Wildman–Crippen MR) is 101 cm³/mol. The van der Waals surface area contributed by atoms with Crippen LogP contribution >= 0.6 is 0 Å². The molecule has 1 saturated heterocycles. The Labute approximate surface area is 152 Å². The summed E-state index contributed by atoms with van der Waals surface area (Å²) in [5, 5.41) is 0. The predicted octanol–water partition coefficient (Wildman–Crippen LogP) is 3.41. The molecule has 1 aliphatic rings. The summed E-state index contributed by atoms with van der Waals surface area (Å²) in [5.41, 5.74) is 2.57. The molecule has 5 heteroatoms. The lowest BCUT2D eigenvalue weighted by atomic mass is 9.94. The average molecular weight is 348 g/mol. The van der Waals surface area contributed by atoms with Crippen molar-refractivity contribution in [2.24, 2.45) is 5.41 Å². The van der Waals surface area contributed by atoms with Gasteiger partial charge in [-0.25, -0.2) is 0 Å². The minimum absolute atomic E-state index is 0.0880. The van der Waals surface area contributed by atoms with Gasteiger partial charge in [-0.2, -0.15) is 0 Å². The fourth-order valence-corrected chi connectivity index (χ4v) is 3.76. The summed E-state index contributed by atoms with van der Waals surface area (Å²) in [4.78, 5) is 29.4. The van der Waals surface area contributed by atoms with Gasteiger partial charge in [0.25, 0.3) is 5.91 Å². The van der Waals surface area contributed by atoms with E-state index >= 15 is 0 Å². The number of hydrogen-bond donors (Lipinski definition) is 0. The number of carbonyl (C=O) groups excluding carboxylic acids is 2. The van der Waals surface area contributed by atoms with E-state index in [1.807, 2.05) is 43.6 Å². The third-order valence-electron chi connectivity index (χ3n) is 4.94. The summed E-state index contributed by atoms with van der Waals surface area (Å²) in [6, 6.07) is 2.34. The van der Waals surface area contributed by atoms with Gasteiger partial charge in [0.2, 0.25) is 5.91 Å². The van der Waals surface area contributed by atoms with Crippen molar-refractivity contribution in [3.63, 3.8) is 0 Å². The highest BCUT2D eigenvalue weighted by Crippen LogP contribution is 2.23. The molecule has 1 fully saturated rings. The van der Waals surface area contributed by atoms with Crippen molar-refractivity contribution in [1.82, 2.24) is 14.4 Å². The van der Waals surface area contributed by atoms with Crippen LogP contribution in [0.3, 0.4) is 0 Å². The lowest BCUT2D eigenvalue weighted by Crippen LogP contribution is -2.42. The molecule has 0 aromatic carbocycles. The van der Waals surface area contributed by atoms with Crippen molar-refractivity contribution < 1.29 is 9.59 Å².